The highest BCUT2D eigenvalue weighted by molar-refractivity contribution is 5.48. The second kappa shape index (κ2) is 9.67. The van der Waals surface area contributed by atoms with Gasteiger partial charge < -0.3 is 0 Å². The standard InChI is InChI=1S/C27H28FN/c28-27-14-10-24(11-15-27)21-23-8-12-25(13-9-23)26-16-19-29(20-17-26)18-4-7-22-5-2-1-3-6-22/h1-15,26H,16-21H2/b7-4+. The number of likely N-dealkylation sites (tertiary alicyclic amines) is 1. The monoisotopic (exact) mass is 385 g/mol. The van der Waals surface area contributed by atoms with Crippen molar-refractivity contribution in [3.05, 3.63) is 113 Å². The minimum absolute atomic E-state index is 0.175. The summed E-state index contributed by atoms with van der Waals surface area (Å²) in [6, 6.07) is 26.3. The van der Waals surface area contributed by atoms with Gasteiger partial charge in [0, 0.05) is 6.54 Å². The summed E-state index contributed by atoms with van der Waals surface area (Å²) in [5.74, 6) is 0.482. The molecule has 1 aliphatic rings. The zero-order valence-electron chi connectivity index (χ0n) is 16.8. The van der Waals surface area contributed by atoms with Gasteiger partial charge in [-0.2, -0.15) is 0 Å². The van der Waals surface area contributed by atoms with Gasteiger partial charge in [-0.3, -0.25) is 4.90 Å². The molecule has 1 heterocycles. The van der Waals surface area contributed by atoms with Crippen LogP contribution in [0.15, 0.2) is 84.9 Å². The third-order valence-corrected chi connectivity index (χ3v) is 5.83. The molecule has 0 atom stereocenters. The molecule has 0 aliphatic carbocycles. The van der Waals surface area contributed by atoms with E-state index in [1.165, 1.54) is 41.7 Å². The fourth-order valence-corrected chi connectivity index (χ4v) is 4.10. The van der Waals surface area contributed by atoms with Crippen LogP contribution in [-0.4, -0.2) is 24.5 Å². The molecule has 0 saturated carbocycles. The van der Waals surface area contributed by atoms with Crippen molar-refractivity contribution in [1.82, 2.24) is 4.90 Å². The summed E-state index contributed by atoms with van der Waals surface area (Å²) in [5.41, 5.74) is 5.15. The molecular weight excluding hydrogens is 357 g/mol. The molecule has 0 aromatic heterocycles. The van der Waals surface area contributed by atoms with Crippen LogP contribution in [-0.2, 0) is 6.42 Å². The second-order valence-corrected chi connectivity index (χ2v) is 7.93. The summed E-state index contributed by atoms with van der Waals surface area (Å²) in [4.78, 5) is 2.54. The van der Waals surface area contributed by atoms with Gasteiger partial charge in [0.25, 0.3) is 0 Å². The smallest absolute Gasteiger partial charge is 0.123 e. The van der Waals surface area contributed by atoms with Crippen LogP contribution >= 0.6 is 0 Å². The molecule has 0 amide bonds. The van der Waals surface area contributed by atoms with Crippen LogP contribution in [0, 0.1) is 5.82 Å². The van der Waals surface area contributed by atoms with Gasteiger partial charge in [-0.25, -0.2) is 4.39 Å². The average molecular weight is 386 g/mol. The van der Waals surface area contributed by atoms with Gasteiger partial charge in [0.15, 0.2) is 0 Å². The Hall–Kier alpha value is -2.71. The maximum Gasteiger partial charge on any atom is 0.123 e. The predicted molar refractivity (Wildman–Crippen MR) is 120 cm³/mol. The van der Waals surface area contributed by atoms with Gasteiger partial charge in [-0.05, 0) is 72.7 Å². The first-order valence-corrected chi connectivity index (χ1v) is 10.5. The van der Waals surface area contributed by atoms with E-state index in [1.54, 1.807) is 0 Å². The molecule has 148 valence electrons. The Kier molecular flexibility index (Phi) is 6.53. The van der Waals surface area contributed by atoms with Crippen LogP contribution in [0.1, 0.15) is 41.0 Å². The van der Waals surface area contributed by atoms with Crippen LogP contribution < -0.4 is 0 Å². The van der Waals surface area contributed by atoms with Crippen molar-refractivity contribution in [3.8, 4) is 0 Å². The van der Waals surface area contributed by atoms with E-state index in [4.69, 9.17) is 0 Å². The highest BCUT2D eigenvalue weighted by atomic mass is 19.1. The van der Waals surface area contributed by atoms with E-state index in [-0.39, 0.29) is 5.82 Å². The molecule has 1 fully saturated rings. The molecule has 1 nitrogen and oxygen atoms in total. The largest absolute Gasteiger partial charge is 0.300 e. The third-order valence-electron chi connectivity index (χ3n) is 5.83. The van der Waals surface area contributed by atoms with Gasteiger partial charge in [0.1, 0.15) is 5.82 Å². The van der Waals surface area contributed by atoms with Crippen molar-refractivity contribution in [2.24, 2.45) is 0 Å². The summed E-state index contributed by atoms with van der Waals surface area (Å²) in [6.45, 7) is 3.33. The Morgan fingerprint density at radius 3 is 2.07 bits per heavy atom. The van der Waals surface area contributed by atoms with Crippen molar-refractivity contribution in [1.29, 1.82) is 0 Å². The van der Waals surface area contributed by atoms with Gasteiger partial charge in [-0.15, -0.1) is 0 Å². The summed E-state index contributed by atoms with van der Waals surface area (Å²) in [6.07, 6.45) is 7.78. The van der Waals surface area contributed by atoms with E-state index in [2.05, 4.69) is 71.6 Å². The molecule has 29 heavy (non-hydrogen) atoms. The first-order chi connectivity index (χ1) is 14.3. The number of nitrogens with zero attached hydrogens (tertiary/aromatic N) is 1. The van der Waals surface area contributed by atoms with Gasteiger partial charge in [0.05, 0.1) is 0 Å². The van der Waals surface area contributed by atoms with E-state index < -0.39 is 0 Å². The van der Waals surface area contributed by atoms with Crippen LogP contribution in [0.4, 0.5) is 4.39 Å². The normalized spacial score (nSPS) is 15.8. The first kappa shape index (κ1) is 19.6. The van der Waals surface area contributed by atoms with Crippen molar-refractivity contribution >= 4 is 6.08 Å². The van der Waals surface area contributed by atoms with Gasteiger partial charge in [-0.1, -0.05) is 78.9 Å². The molecule has 0 radical (unpaired) electrons. The minimum Gasteiger partial charge on any atom is -0.300 e. The average Bonchev–Trinajstić information content (AvgIpc) is 2.77. The Labute approximate surface area is 173 Å². The quantitative estimate of drug-likeness (QED) is 0.481. The van der Waals surface area contributed by atoms with Crippen molar-refractivity contribution in [2.45, 2.75) is 25.2 Å². The van der Waals surface area contributed by atoms with Crippen LogP contribution in [0.2, 0.25) is 0 Å². The molecular formula is C27H28FN. The van der Waals surface area contributed by atoms with Crippen molar-refractivity contribution in [2.75, 3.05) is 19.6 Å². The van der Waals surface area contributed by atoms with E-state index in [0.29, 0.717) is 5.92 Å². The van der Waals surface area contributed by atoms with Gasteiger partial charge >= 0.3 is 0 Å². The summed E-state index contributed by atoms with van der Waals surface area (Å²) < 4.78 is 13.1. The summed E-state index contributed by atoms with van der Waals surface area (Å²) in [5, 5.41) is 0. The van der Waals surface area contributed by atoms with Crippen LogP contribution in [0.3, 0.4) is 0 Å². The molecule has 4 rings (SSSR count). The van der Waals surface area contributed by atoms with E-state index in [1.807, 2.05) is 12.1 Å². The molecule has 1 saturated heterocycles. The lowest BCUT2D eigenvalue weighted by molar-refractivity contribution is 0.233. The lowest BCUT2D eigenvalue weighted by Gasteiger charge is -2.31. The molecule has 0 unspecified atom stereocenters. The Morgan fingerprint density at radius 1 is 0.793 bits per heavy atom. The highest BCUT2D eigenvalue weighted by Gasteiger charge is 2.19. The van der Waals surface area contributed by atoms with Crippen molar-refractivity contribution < 1.29 is 4.39 Å². The van der Waals surface area contributed by atoms with E-state index >= 15 is 0 Å². The van der Waals surface area contributed by atoms with Crippen LogP contribution in [0.25, 0.3) is 6.08 Å². The van der Waals surface area contributed by atoms with Gasteiger partial charge in [0.2, 0.25) is 0 Å². The number of rotatable bonds is 6. The number of hydrogen-bond donors (Lipinski definition) is 0. The lowest BCUT2D eigenvalue weighted by atomic mass is 9.88. The Bertz CT molecular complexity index is 905. The summed E-state index contributed by atoms with van der Waals surface area (Å²) >= 11 is 0. The molecule has 2 heteroatoms. The molecule has 3 aromatic carbocycles. The third kappa shape index (κ3) is 5.65. The SMILES string of the molecule is Fc1ccc(Cc2ccc(C3CCN(C/C=C/c4ccccc4)CC3)cc2)cc1. The minimum atomic E-state index is -0.175. The van der Waals surface area contributed by atoms with E-state index in [0.717, 1.165) is 31.6 Å². The fraction of sp³-hybridized carbons (Fsp3) is 0.259. The Balaban J connectivity index is 1.26. The topological polar surface area (TPSA) is 3.24 Å². The zero-order valence-corrected chi connectivity index (χ0v) is 16.8. The molecule has 3 aromatic rings. The molecule has 0 N–H and O–H groups in total. The fourth-order valence-electron chi connectivity index (χ4n) is 4.10. The zero-order chi connectivity index (χ0) is 19.9. The molecule has 1 aliphatic heterocycles. The summed E-state index contributed by atoms with van der Waals surface area (Å²) in [7, 11) is 0. The maximum atomic E-state index is 13.1. The Morgan fingerprint density at radius 2 is 1.41 bits per heavy atom. The number of benzene rings is 3. The first-order valence-electron chi connectivity index (χ1n) is 10.5. The second-order valence-electron chi connectivity index (χ2n) is 7.93. The number of piperidine rings is 1. The maximum absolute atomic E-state index is 13.1. The van der Waals surface area contributed by atoms with Crippen LogP contribution in [0.5, 0.6) is 0 Å². The molecule has 0 spiro atoms. The highest BCUT2D eigenvalue weighted by Crippen LogP contribution is 2.28. The lowest BCUT2D eigenvalue weighted by Crippen LogP contribution is -2.33. The predicted octanol–water partition coefficient (Wildman–Crippen LogP) is 6.31. The number of halogens is 1. The molecule has 0 bridgehead atoms. The number of hydrogen-bond acceptors (Lipinski definition) is 1. The van der Waals surface area contributed by atoms with E-state index in [9.17, 15) is 4.39 Å². The van der Waals surface area contributed by atoms with Crippen molar-refractivity contribution in [3.63, 3.8) is 0 Å².